The molecule has 0 saturated carbocycles. The minimum absolute atomic E-state index is 0.286. The highest BCUT2D eigenvalue weighted by molar-refractivity contribution is 5.29. The van der Waals surface area contributed by atoms with Gasteiger partial charge in [-0.3, -0.25) is 9.80 Å². The first-order chi connectivity index (χ1) is 9.58. The van der Waals surface area contributed by atoms with Gasteiger partial charge in [0.25, 0.3) is 0 Å². The molecule has 1 fully saturated rings. The summed E-state index contributed by atoms with van der Waals surface area (Å²) in [6.07, 6.45) is 0. The zero-order valence-corrected chi connectivity index (χ0v) is 12.4. The number of methoxy groups -OCH3 is 1. The van der Waals surface area contributed by atoms with Crippen molar-refractivity contribution < 1.29 is 9.13 Å². The molecule has 0 aliphatic carbocycles. The molecule has 1 aromatic carbocycles. The summed E-state index contributed by atoms with van der Waals surface area (Å²) in [7, 11) is 1.49. The molecule has 0 amide bonds. The number of piperazine rings is 1. The first-order valence-electron chi connectivity index (χ1n) is 7.00. The summed E-state index contributed by atoms with van der Waals surface area (Å²) in [5.41, 5.74) is 2.20. The number of halogens is 1. The van der Waals surface area contributed by atoms with E-state index in [-0.39, 0.29) is 5.82 Å². The van der Waals surface area contributed by atoms with Crippen LogP contribution in [0.2, 0.25) is 0 Å². The van der Waals surface area contributed by atoms with Crippen LogP contribution in [0.3, 0.4) is 0 Å². The maximum Gasteiger partial charge on any atom is 0.165 e. The van der Waals surface area contributed by atoms with Gasteiger partial charge in [-0.25, -0.2) is 4.39 Å². The first-order valence-corrected chi connectivity index (χ1v) is 7.00. The number of benzene rings is 1. The van der Waals surface area contributed by atoms with E-state index in [0.717, 1.165) is 44.8 Å². The van der Waals surface area contributed by atoms with Crippen LogP contribution < -0.4 is 4.74 Å². The number of ether oxygens (including phenoxy) is 1. The summed E-state index contributed by atoms with van der Waals surface area (Å²) in [6.45, 7) is 11.9. The molecule has 4 heteroatoms. The molecule has 20 heavy (non-hydrogen) atoms. The normalized spacial score (nSPS) is 17.1. The molecule has 3 nitrogen and oxygen atoms in total. The fraction of sp³-hybridized carbons (Fsp3) is 0.500. The average molecular weight is 278 g/mol. The van der Waals surface area contributed by atoms with Crippen LogP contribution in [0.15, 0.2) is 30.4 Å². The van der Waals surface area contributed by atoms with Crippen molar-refractivity contribution in [1.29, 1.82) is 0 Å². The summed E-state index contributed by atoms with van der Waals surface area (Å²) in [6, 6.07) is 5.20. The quantitative estimate of drug-likeness (QED) is 0.770. The largest absolute Gasteiger partial charge is 0.494 e. The zero-order chi connectivity index (χ0) is 14.5. The lowest BCUT2D eigenvalue weighted by molar-refractivity contribution is 0.135. The van der Waals surface area contributed by atoms with Crippen molar-refractivity contribution in [2.24, 2.45) is 0 Å². The topological polar surface area (TPSA) is 15.7 Å². The van der Waals surface area contributed by atoms with E-state index in [0.29, 0.717) is 5.75 Å². The third-order valence-corrected chi connectivity index (χ3v) is 3.58. The Labute approximate surface area is 120 Å². The van der Waals surface area contributed by atoms with Gasteiger partial charge >= 0.3 is 0 Å². The van der Waals surface area contributed by atoms with Gasteiger partial charge in [-0.15, -0.1) is 0 Å². The van der Waals surface area contributed by atoms with Gasteiger partial charge in [-0.2, -0.15) is 0 Å². The van der Waals surface area contributed by atoms with Gasteiger partial charge in [0, 0.05) is 39.3 Å². The molecule has 1 heterocycles. The lowest BCUT2D eigenvalue weighted by Crippen LogP contribution is -2.46. The van der Waals surface area contributed by atoms with Crippen molar-refractivity contribution in [3.63, 3.8) is 0 Å². The van der Waals surface area contributed by atoms with Crippen molar-refractivity contribution >= 4 is 0 Å². The predicted octanol–water partition coefficient (Wildman–Crippen LogP) is 2.53. The maximum absolute atomic E-state index is 13.6. The van der Waals surface area contributed by atoms with Gasteiger partial charge in [0.15, 0.2) is 11.6 Å². The molecular formula is C16H23FN2O. The van der Waals surface area contributed by atoms with E-state index in [1.165, 1.54) is 12.7 Å². The van der Waals surface area contributed by atoms with E-state index < -0.39 is 0 Å². The molecule has 0 unspecified atom stereocenters. The van der Waals surface area contributed by atoms with E-state index in [1.807, 2.05) is 6.07 Å². The Morgan fingerprint density at radius 1 is 1.25 bits per heavy atom. The van der Waals surface area contributed by atoms with Crippen LogP contribution in [0.5, 0.6) is 5.75 Å². The van der Waals surface area contributed by atoms with Crippen LogP contribution in [0.25, 0.3) is 0 Å². The molecule has 110 valence electrons. The summed E-state index contributed by atoms with van der Waals surface area (Å²) in [5, 5.41) is 0. The van der Waals surface area contributed by atoms with Gasteiger partial charge < -0.3 is 4.74 Å². The molecule has 0 atom stereocenters. The molecule has 0 N–H and O–H groups in total. The molecule has 0 radical (unpaired) electrons. The molecule has 2 rings (SSSR count). The monoisotopic (exact) mass is 278 g/mol. The second kappa shape index (κ2) is 6.86. The lowest BCUT2D eigenvalue weighted by Gasteiger charge is -2.34. The Morgan fingerprint density at radius 3 is 2.45 bits per heavy atom. The standard InChI is InChI=1S/C16H23FN2O/c1-13(2)11-18-6-8-19(9-7-18)12-14-4-5-16(20-3)15(17)10-14/h4-5,10H,1,6-9,11-12H2,2-3H3. The smallest absolute Gasteiger partial charge is 0.165 e. The Bertz CT molecular complexity index is 468. The zero-order valence-electron chi connectivity index (χ0n) is 12.4. The van der Waals surface area contributed by atoms with Gasteiger partial charge in [0.05, 0.1) is 7.11 Å². The fourth-order valence-electron chi connectivity index (χ4n) is 2.55. The van der Waals surface area contributed by atoms with E-state index in [4.69, 9.17) is 4.74 Å². The predicted molar refractivity (Wildman–Crippen MR) is 79.5 cm³/mol. The molecule has 0 spiro atoms. The van der Waals surface area contributed by atoms with Crippen LogP contribution in [0, 0.1) is 5.82 Å². The highest BCUT2D eigenvalue weighted by Gasteiger charge is 2.17. The summed E-state index contributed by atoms with van der Waals surface area (Å²) >= 11 is 0. The Balaban J connectivity index is 1.86. The van der Waals surface area contributed by atoms with E-state index >= 15 is 0 Å². The Morgan fingerprint density at radius 2 is 1.90 bits per heavy atom. The molecule has 1 aliphatic rings. The highest BCUT2D eigenvalue weighted by Crippen LogP contribution is 2.19. The highest BCUT2D eigenvalue weighted by atomic mass is 19.1. The summed E-state index contributed by atoms with van der Waals surface area (Å²) in [4.78, 5) is 4.77. The second-order valence-corrected chi connectivity index (χ2v) is 5.48. The van der Waals surface area contributed by atoms with Crippen LogP contribution in [0.1, 0.15) is 12.5 Å². The van der Waals surface area contributed by atoms with Crippen molar-refractivity contribution in [2.45, 2.75) is 13.5 Å². The Kier molecular flexibility index (Phi) is 5.15. The van der Waals surface area contributed by atoms with Crippen LogP contribution in [-0.4, -0.2) is 49.6 Å². The van der Waals surface area contributed by atoms with Crippen molar-refractivity contribution in [2.75, 3.05) is 39.8 Å². The van der Waals surface area contributed by atoms with Crippen molar-refractivity contribution in [1.82, 2.24) is 9.80 Å². The van der Waals surface area contributed by atoms with Gasteiger partial charge in [0.2, 0.25) is 0 Å². The maximum atomic E-state index is 13.6. The third kappa shape index (κ3) is 4.05. The summed E-state index contributed by atoms with van der Waals surface area (Å²) in [5.74, 6) is 0.0194. The minimum Gasteiger partial charge on any atom is -0.494 e. The van der Waals surface area contributed by atoms with Crippen LogP contribution in [-0.2, 0) is 6.54 Å². The fourth-order valence-corrected chi connectivity index (χ4v) is 2.55. The van der Waals surface area contributed by atoms with Crippen LogP contribution in [0.4, 0.5) is 4.39 Å². The van der Waals surface area contributed by atoms with E-state index in [9.17, 15) is 4.39 Å². The molecule has 1 saturated heterocycles. The molecule has 0 bridgehead atoms. The van der Waals surface area contributed by atoms with Gasteiger partial charge in [0.1, 0.15) is 0 Å². The van der Waals surface area contributed by atoms with Gasteiger partial charge in [-0.1, -0.05) is 18.2 Å². The van der Waals surface area contributed by atoms with E-state index in [1.54, 1.807) is 12.1 Å². The molecular weight excluding hydrogens is 255 g/mol. The SMILES string of the molecule is C=C(C)CN1CCN(Cc2ccc(OC)c(F)c2)CC1. The molecule has 0 aromatic heterocycles. The average Bonchev–Trinajstić information content (AvgIpc) is 2.41. The number of hydrogen-bond acceptors (Lipinski definition) is 3. The van der Waals surface area contributed by atoms with E-state index in [2.05, 4.69) is 23.3 Å². The molecule has 1 aromatic rings. The van der Waals surface area contributed by atoms with Crippen molar-refractivity contribution in [3.05, 3.63) is 41.7 Å². The second-order valence-electron chi connectivity index (χ2n) is 5.48. The molecule has 1 aliphatic heterocycles. The minimum atomic E-state index is -0.286. The number of nitrogens with zero attached hydrogens (tertiary/aromatic N) is 2. The first kappa shape index (κ1) is 15.0. The third-order valence-electron chi connectivity index (χ3n) is 3.58. The number of rotatable bonds is 5. The van der Waals surface area contributed by atoms with Crippen LogP contribution >= 0.6 is 0 Å². The van der Waals surface area contributed by atoms with Crippen molar-refractivity contribution in [3.8, 4) is 5.75 Å². The Hall–Kier alpha value is -1.39. The lowest BCUT2D eigenvalue weighted by atomic mass is 10.1. The number of hydrogen-bond donors (Lipinski definition) is 0. The van der Waals surface area contributed by atoms with Gasteiger partial charge in [-0.05, 0) is 24.6 Å². The summed E-state index contributed by atoms with van der Waals surface area (Å²) < 4.78 is 18.6.